The fourth-order valence-corrected chi connectivity index (χ4v) is 8.04. The molecular formula is C76H140N2O25. The van der Waals surface area contributed by atoms with Crippen LogP contribution in [0.1, 0.15) is 292 Å². The highest BCUT2D eigenvalue weighted by Crippen LogP contribution is 2.25. The molecule has 0 rings (SSSR count). The van der Waals surface area contributed by atoms with E-state index in [0.29, 0.717) is 105 Å². The summed E-state index contributed by atoms with van der Waals surface area (Å²) in [5, 5.41) is 11.8. The van der Waals surface area contributed by atoms with Gasteiger partial charge in [-0.15, -0.1) is 0 Å². The summed E-state index contributed by atoms with van der Waals surface area (Å²) in [6, 6.07) is 0. The lowest BCUT2D eigenvalue weighted by Crippen LogP contribution is -2.58. The number of hydrogen-bond acceptors (Lipinski definition) is 25. The summed E-state index contributed by atoms with van der Waals surface area (Å²) in [5.41, 5.74) is 6.62. The number of hydrogen-bond donors (Lipinski definition) is 3. The van der Waals surface area contributed by atoms with Gasteiger partial charge in [0.15, 0.2) is 0 Å². The van der Waals surface area contributed by atoms with Crippen LogP contribution < -0.4 is 11.1 Å². The number of nitrogens with two attached hydrogens (primary N) is 1. The number of aliphatic carboxylic acids is 1. The van der Waals surface area contributed by atoms with E-state index in [1.54, 1.807) is 0 Å². The van der Waals surface area contributed by atoms with Crippen LogP contribution in [0, 0.1) is 32.5 Å². The minimum Gasteiger partial charge on any atom is -0.481 e. The summed E-state index contributed by atoms with van der Waals surface area (Å²) < 4.78 is 45.5. The molecule has 103 heavy (non-hydrogen) atoms. The number of carboxylic acid groups (broad SMARTS) is 1. The molecule has 604 valence electrons. The van der Waals surface area contributed by atoms with Crippen LogP contribution in [0.25, 0.3) is 0 Å². The normalized spacial score (nSPS) is 11.0. The second-order valence-electron chi connectivity index (χ2n) is 32.1. The SMILES string of the molecule is CC(C)(C)CCOCC(N)(COCCC(C)(C)C)COCCC(C)(C)C.COC(=O)CCCCCCCCCCC(=O)NC(COCCC(C)(C)C)(COCCC(C)(C)C)COCCC(C)(C)C.COC(=O)CCCCCCCCCCC(=O)O.O=C=O.O=C=O.O=C=O.O=C=O.O=C=O.O=C=O. The van der Waals surface area contributed by atoms with Crippen LogP contribution in [0.5, 0.6) is 0 Å². The first-order chi connectivity index (χ1) is 47.7. The lowest BCUT2D eigenvalue weighted by Gasteiger charge is -2.35. The molecule has 0 saturated carbocycles. The molecule has 0 bridgehead atoms. The van der Waals surface area contributed by atoms with Gasteiger partial charge < -0.3 is 54.1 Å². The summed E-state index contributed by atoms with van der Waals surface area (Å²) in [6.45, 7) is 46.4. The zero-order valence-electron chi connectivity index (χ0n) is 67.2. The van der Waals surface area contributed by atoms with E-state index in [1.807, 2.05) is 0 Å². The average molecular weight is 1480 g/mol. The maximum absolute atomic E-state index is 13.2. The van der Waals surface area contributed by atoms with E-state index in [-0.39, 0.29) is 87.2 Å². The van der Waals surface area contributed by atoms with Gasteiger partial charge in [0.2, 0.25) is 5.91 Å². The molecule has 0 aromatic carbocycles. The highest BCUT2D eigenvalue weighted by molar-refractivity contribution is 5.76. The summed E-state index contributed by atoms with van der Waals surface area (Å²) in [5.74, 6) is -0.913. The van der Waals surface area contributed by atoms with Crippen molar-refractivity contribution in [1.82, 2.24) is 5.32 Å². The zero-order chi connectivity index (χ0) is 81.8. The van der Waals surface area contributed by atoms with Crippen molar-refractivity contribution in [2.75, 3.05) is 93.5 Å². The van der Waals surface area contributed by atoms with Gasteiger partial charge in [0.05, 0.1) is 59.4 Å². The predicted molar refractivity (Wildman–Crippen MR) is 381 cm³/mol. The van der Waals surface area contributed by atoms with Crippen molar-refractivity contribution in [3.63, 3.8) is 0 Å². The van der Waals surface area contributed by atoms with E-state index < -0.39 is 17.0 Å². The predicted octanol–water partition coefficient (Wildman–Crippen LogP) is 13.0. The van der Waals surface area contributed by atoms with Crippen molar-refractivity contribution >= 4 is 60.7 Å². The van der Waals surface area contributed by atoms with Crippen LogP contribution in [0.3, 0.4) is 0 Å². The molecule has 27 nitrogen and oxygen atoms in total. The number of rotatable bonds is 47. The van der Waals surface area contributed by atoms with Crippen molar-refractivity contribution in [1.29, 1.82) is 0 Å². The van der Waals surface area contributed by atoms with Gasteiger partial charge in [0.25, 0.3) is 0 Å². The first-order valence-corrected chi connectivity index (χ1v) is 35.6. The van der Waals surface area contributed by atoms with Gasteiger partial charge in [0.1, 0.15) is 5.54 Å². The second kappa shape index (κ2) is 75.6. The number of amides is 1. The third kappa shape index (κ3) is 123. The highest BCUT2D eigenvalue weighted by atomic mass is 16.5. The van der Waals surface area contributed by atoms with E-state index in [4.69, 9.17) is 96.8 Å². The summed E-state index contributed by atoms with van der Waals surface area (Å²) >= 11 is 0. The quantitative estimate of drug-likeness (QED) is 0.0376. The number of unbranched alkanes of at least 4 members (excludes halogenated alkanes) is 14. The van der Waals surface area contributed by atoms with E-state index in [2.05, 4.69) is 139 Å². The van der Waals surface area contributed by atoms with Crippen LogP contribution >= 0.6 is 0 Å². The minimum absolute atomic E-state index is 0.0380. The number of carbonyl (C=O) groups is 4. The number of esters is 2. The second-order valence-corrected chi connectivity index (χ2v) is 32.1. The average Bonchev–Trinajstić information content (AvgIpc) is 0.858. The Labute approximate surface area is 617 Å². The van der Waals surface area contributed by atoms with Gasteiger partial charge in [-0.25, -0.2) is 0 Å². The Morgan fingerprint density at radius 2 is 0.476 bits per heavy atom. The van der Waals surface area contributed by atoms with Crippen molar-refractivity contribution in [3.05, 3.63) is 0 Å². The lowest BCUT2D eigenvalue weighted by molar-refractivity contribution is -0.193. The maximum Gasteiger partial charge on any atom is 0.373 e. The number of ether oxygens (including phenoxy) is 8. The van der Waals surface area contributed by atoms with Gasteiger partial charge in [0, 0.05) is 65.3 Å². The number of carbonyl (C=O) groups excluding carboxylic acids is 15. The van der Waals surface area contributed by atoms with E-state index in [1.165, 1.54) is 27.1 Å². The summed E-state index contributed by atoms with van der Waals surface area (Å²) in [4.78, 5) is 143. The molecule has 4 N–H and O–H groups in total. The van der Waals surface area contributed by atoms with Crippen LogP contribution in [0.15, 0.2) is 0 Å². The molecular weight excluding hydrogens is 1340 g/mol. The first kappa shape index (κ1) is 115. The molecule has 0 aliphatic rings. The molecule has 0 aromatic rings. The maximum atomic E-state index is 13.2. The zero-order valence-corrected chi connectivity index (χ0v) is 67.2. The number of methoxy groups -OCH3 is 2. The third-order valence-corrected chi connectivity index (χ3v) is 14.2. The van der Waals surface area contributed by atoms with Crippen LogP contribution in [0.2, 0.25) is 0 Å². The van der Waals surface area contributed by atoms with Gasteiger partial charge in [-0.2, -0.15) is 57.5 Å². The Bertz CT molecular complexity index is 2010. The minimum atomic E-state index is -0.713. The van der Waals surface area contributed by atoms with Crippen molar-refractivity contribution in [2.24, 2.45) is 38.2 Å². The first-order valence-electron chi connectivity index (χ1n) is 35.6. The molecule has 0 atom stereocenters. The van der Waals surface area contributed by atoms with Gasteiger partial charge in [-0.3, -0.25) is 19.2 Å². The molecule has 27 heteroatoms. The molecule has 0 aliphatic heterocycles. The molecule has 0 saturated heterocycles. The fraction of sp³-hybridized carbons (Fsp3) is 0.868. The third-order valence-electron chi connectivity index (χ3n) is 14.2. The van der Waals surface area contributed by atoms with Crippen molar-refractivity contribution in [2.45, 2.75) is 303 Å². The number of carboxylic acids is 1. The topological polar surface area (TPSA) is 405 Å². The fourth-order valence-electron chi connectivity index (χ4n) is 8.04. The lowest BCUT2D eigenvalue weighted by atomic mass is 9.92. The largest absolute Gasteiger partial charge is 0.481 e. The molecule has 0 spiro atoms. The summed E-state index contributed by atoms with van der Waals surface area (Å²) in [6.07, 6.45) is 26.0. The Hall–Kier alpha value is -6.12. The monoisotopic (exact) mass is 1480 g/mol. The van der Waals surface area contributed by atoms with Crippen molar-refractivity contribution < 1.29 is 120 Å². The van der Waals surface area contributed by atoms with Crippen LogP contribution in [-0.2, 0) is 115 Å². The summed E-state index contributed by atoms with van der Waals surface area (Å²) in [7, 11) is 2.86. The Morgan fingerprint density at radius 1 is 0.301 bits per heavy atom. The number of nitrogens with one attached hydrogen (secondary N) is 1. The van der Waals surface area contributed by atoms with E-state index >= 15 is 0 Å². The van der Waals surface area contributed by atoms with E-state index in [9.17, 15) is 19.2 Å². The molecule has 0 aliphatic carbocycles. The molecule has 1 amide bonds. The highest BCUT2D eigenvalue weighted by Gasteiger charge is 2.34. The van der Waals surface area contributed by atoms with Gasteiger partial charge in [-0.05, 0) is 96.7 Å². The Balaban J connectivity index is -0.000000175. The van der Waals surface area contributed by atoms with Crippen molar-refractivity contribution in [3.8, 4) is 0 Å². The molecule has 0 fully saturated rings. The molecule has 0 unspecified atom stereocenters. The van der Waals surface area contributed by atoms with E-state index in [0.717, 1.165) is 128 Å². The molecule has 0 aromatic heterocycles. The van der Waals surface area contributed by atoms with Crippen LogP contribution in [0.4, 0.5) is 0 Å². The Morgan fingerprint density at radius 3 is 0.660 bits per heavy atom. The molecule has 0 heterocycles. The van der Waals surface area contributed by atoms with Gasteiger partial charge in [-0.1, -0.05) is 202 Å². The Kier molecular flexibility index (Phi) is 84.6. The standard InChI is InChI=1S/C35H69NO6.C22H47NO3.C13H24O4.6CO2/c1-32(2,3)21-24-40-27-35(28-41-25-22-33(4,5)6,29-42-26-23-34(7,8)9)36-30(37)19-17-15-13-11-12-14-16-18-20-31(38)39-10;1-19(2,3)10-13-24-16-22(23,17-25-14-11-20(4,5)6)18-26-15-12-21(7,8)9;1-17-13(16)11-9-7-5-3-2-4-6-8-10-12(14)15;6*2-1-3/h11-29H2,1-10H3,(H,36,37);10-18,23H2,1-9H3;2-11H2,1H3,(H,14,15);;;;;;. The smallest absolute Gasteiger partial charge is 0.373 e. The molecule has 0 radical (unpaired) electrons. The van der Waals surface area contributed by atoms with Crippen LogP contribution in [-0.4, -0.2) is 170 Å². The van der Waals surface area contributed by atoms with Gasteiger partial charge >= 0.3 is 54.8 Å².